The predicted molar refractivity (Wildman–Crippen MR) is 131 cm³/mol. The molecule has 8 nitrogen and oxygen atoms in total. The molecule has 2 N–H and O–H groups in total. The summed E-state index contributed by atoms with van der Waals surface area (Å²) in [5, 5.41) is 6.33. The van der Waals surface area contributed by atoms with Gasteiger partial charge in [0.25, 0.3) is 0 Å². The van der Waals surface area contributed by atoms with Gasteiger partial charge in [0.05, 0.1) is 30.2 Å². The molecule has 0 saturated carbocycles. The highest BCUT2D eigenvalue weighted by Crippen LogP contribution is 2.54. The lowest BCUT2D eigenvalue weighted by Gasteiger charge is -2.30. The van der Waals surface area contributed by atoms with Crippen molar-refractivity contribution in [3.05, 3.63) is 95.6 Å². The number of carbonyl (C=O) groups is 4. The lowest BCUT2D eigenvalue weighted by molar-refractivity contribution is -0.130. The Labute approximate surface area is 207 Å². The highest BCUT2D eigenvalue weighted by molar-refractivity contribution is 6.27. The third kappa shape index (κ3) is 2.97. The van der Waals surface area contributed by atoms with Gasteiger partial charge in [-0.3, -0.25) is 19.7 Å². The van der Waals surface area contributed by atoms with Crippen molar-refractivity contribution in [2.75, 3.05) is 17.3 Å². The first-order valence-electron chi connectivity index (χ1n) is 11.7. The molecule has 36 heavy (non-hydrogen) atoms. The Kier molecular flexibility index (Phi) is 5.01. The molecule has 2 fully saturated rings. The molecular weight excluding hydrogens is 458 g/mol. The number of benzene rings is 3. The highest BCUT2D eigenvalue weighted by Gasteiger charge is 2.70. The number of nitrogens with one attached hydrogen (secondary N) is 2. The number of amides is 3. The Balaban J connectivity index is 1.51. The van der Waals surface area contributed by atoms with Crippen LogP contribution in [0.1, 0.15) is 21.5 Å². The van der Waals surface area contributed by atoms with Gasteiger partial charge in [0.2, 0.25) is 17.7 Å². The molecule has 3 amide bonds. The van der Waals surface area contributed by atoms with Gasteiger partial charge >= 0.3 is 5.97 Å². The number of methoxy groups -OCH3 is 1. The second kappa shape index (κ2) is 8.13. The zero-order valence-corrected chi connectivity index (χ0v) is 19.4. The Hall–Kier alpha value is -4.30. The molecular formula is C28H23N3O5. The number of fused-ring (bicyclic) bond motifs is 4. The minimum absolute atomic E-state index is 0.111. The highest BCUT2D eigenvalue weighted by atomic mass is 16.5. The number of hydrogen-bond acceptors (Lipinski definition) is 6. The molecule has 0 aliphatic carbocycles. The van der Waals surface area contributed by atoms with Crippen LogP contribution in [0, 0.1) is 11.8 Å². The van der Waals surface area contributed by atoms with E-state index in [-0.39, 0.29) is 17.2 Å². The van der Waals surface area contributed by atoms with E-state index in [0.29, 0.717) is 17.7 Å². The van der Waals surface area contributed by atoms with Crippen LogP contribution in [0.5, 0.6) is 0 Å². The van der Waals surface area contributed by atoms with E-state index in [1.807, 2.05) is 48.5 Å². The van der Waals surface area contributed by atoms with E-state index >= 15 is 0 Å². The summed E-state index contributed by atoms with van der Waals surface area (Å²) in [7, 11) is 1.25. The van der Waals surface area contributed by atoms with Crippen LogP contribution in [0.15, 0.2) is 78.9 Å². The zero-order valence-electron chi connectivity index (χ0n) is 19.4. The van der Waals surface area contributed by atoms with Crippen LogP contribution in [0.2, 0.25) is 0 Å². The average molecular weight is 482 g/mol. The number of imide groups is 1. The number of hydrogen-bond donors (Lipinski definition) is 2. The lowest BCUT2D eigenvalue weighted by atomic mass is 9.76. The van der Waals surface area contributed by atoms with E-state index in [2.05, 4.69) is 10.6 Å². The summed E-state index contributed by atoms with van der Waals surface area (Å²) < 4.78 is 4.89. The summed E-state index contributed by atoms with van der Waals surface area (Å²) in [5.74, 6) is -3.76. The summed E-state index contributed by atoms with van der Waals surface area (Å²) in [4.78, 5) is 55.2. The van der Waals surface area contributed by atoms with E-state index in [1.165, 1.54) is 13.2 Å². The maximum Gasteiger partial charge on any atom is 0.339 e. The Morgan fingerprint density at radius 1 is 0.917 bits per heavy atom. The number of nitrogens with zero attached hydrogens (tertiary/aromatic N) is 1. The minimum Gasteiger partial charge on any atom is -0.465 e. The molecule has 3 aliphatic heterocycles. The van der Waals surface area contributed by atoms with Gasteiger partial charge in [0.1, 0.15) is 5.54 Å². The van der Waals surface area contributed by atoms with Crippen LogP contribution in [0.25, 0.3) is 0 Å². The largest absolute Gasteiger partial charge is 0.465 e. The van der Waals surface area contributed by atoms with Gasteiger partial charge in [-0.2, -0.15) is 0 Å². The maximum atomic E-state index is 14.1. The molecule has 0 bridgehead atoms. The fourth-order valence-electron chi connectivity index (χ4n) is 5.99. The fraction of sp³-hybridized carbons (Fsp3) is 0.214. The van der Waals surface area contributed by atoms with Crippen molar-refractivity contribution in [2.45, 2.75) is 18.0 Å². The fourth-order valence-corrected chi connectivity index (χ4v) is 5.99. The van der Waals surface area contributed by atoms with Crippen molar-refractivity contribution in [1.82, 2.24) is 5.32 Å². The number of carbonyl (C=O) groups excluding carboxylic acids is 4. The SMILES string of the molecule is COC(=O)c1ccccc1N1C(=O)[C@@H]2[C@H](Cc3ccccc3)N[C@]3(C(=O)Nc4ccccc43)[C@@H]2C1=O. The van der Waals surface area contributed by atoms with Crippen LogP contribution < -0.4 is 15.5 Å². The molecule has 1 spiro atoms. The van der Waals surface area contributed by atoms with Crippen LogP contribution in [0.4, 0.5) is 11.4 Å². The smallest absolute Gasteiger partial charge is 0.339 e. The summed E-state index contributed by atoms with van der Waals surface area (Å²) in [6, 6.07) is 22.7. The van der Waals surface area contributed by atoms with E-state index in [1.54, 1.807) is 24.3 Å². The molecule has 6 rings (SSSR count). The van der Waals surface area contributed by atoms with Crippen LogP contribution >= 0.6 is 0 Å². The molecule has 3 aromatic rings. The molecule has 0 aromatic heterocycles. The molecule has 0 unspecified atom stereocenters. The molecule has 180 valence electrons. The third-order valence-corrected chi connectivity index (χ3v) is 7.47. The Morgan fingerprint density at radius 3 is 2.39 bits per heavy atom. The maximum absolute atomic E-state index is 14.1. The summed E-state index contributed by atoms with van der Waals surface area (Å²) in [5.41, 5.74) is 1.11. The second-order valence-corrected chi connectivity index (χ2v) is 9.27. The normalized spacial score (nSPS) is 26.2. The van der Waals surface area contributed by atoms with Crippen molar-refractivity contribution in [1.29, 1.82) is 0 Å². The van der Waals surface area contributed by atoms with Gasteiger partial charge < -0.3 is 10.1 Å². The standard InChI is InChI=1S/C28H23N3O5/c1-36-26(34)17-11-5-8-14-21(17)31-24(32)22-20(15-16-9-3-2-4-10-16)30-28(23(22)25(31)33)18-12-6-7-13-19(18)29-27(28)35/h2-14,20,22-23,30H,15H2,1H3,(H,29,35)/t20-,22+,23-,28-/m0/s1. The first-order chi connectivity index (χ1) is 17.5. The third-order valence-electron chi connectivity index (χ3n) is 7.47. The molecule has 0 radical (unpaired) electrons. The van der Waals surface area contributed by atoms with Crippen LogP contribution in [-0.2, 0) is 31.1 Å². The molecule has 4 atom stereocenters. The van der Waals surface area contributed by atoms with E-state index in [9.17, 15) is 19.2 Å². The summed E-state index contributed by atoms with van der Waals surface area (Å²) >= 11 is 0. The molecule has 3 heterocycles. The van der Waals surface area contributed by atoms with Gasteiger partial charge in [-0.25, -0.2) is 9.69 Å². The molecule has 8 heteroatoms. The van der Waals surface area contributed by atoms with Crippen molar-refractivity contribution in [2.24, 2.45) is 11.8 Å². The van der Waals surface area contributed by atoms with Crippen molar-refractivity contribution in [3.8, 4) is 0 Å². The summed E-state index contributed by atoms with van der Waals surface area (Å²) in [6.07, 6.45) is 0.449. The lowest BCUT2D eigenvalue weighted by Crippen LogP contribution is -2.53. The van der Waals surface area contributed by atoms with Crippen molar-refractivity contribution >= 4 is 35.1 Å². The quantitative estimate of drug-likeness (QED) is 0.439. The molecule has 2 saturated heterocycles. The second-order valence-electron chi connectivity index (χ2n) is 9.27. The first-order valence-corrected chi connectivity index (χ1v) is 11.7. The Morgan fingerprint density at radius 2 is 1.61 bits per heavy atom. The topological polar surface area (TPSA) is 105 Å². The van der Waals surface area contributed by atoms with Gasteiger partial charge in [-0.15, -0.1) is 0 Å². The minimum atomic E-state index is -1.40. The van der Waals surface area contributed by atoms with Crippen molar-refractivity contribution < 1.29 is 23.9 Å². The van der Waals surface area contributed by atoms with Gasteiger partial charge in [-0.05, 0) is 30.2 Å². The van der Waals surface area contributed by atoms with Crippen LogP contribution in [0.3, 0.4) is 0 Å². The number of esters is 1. The zero-order chi connectivity index (χ0) is 25.0. The number of rotatable bonds is 4. The monoisotopic (exact) mass is 481 g/mol. The number of anilines is 2. The first kappa shape index (κ1) is 22.2. The Bertz CT molecular complexity index is 1420. The average Bonchev–Trinajstić information content (AvgIpc) is 3.48. The molecule has 3 aliphatic rings. The van der Waals surface area contributed by atoms with Crippen LogP contribution in [-0.4, -0.2) is 36.8 Å². The van der Waals surface area contributed by atoms with Gasteiger partial charge in [0.15, 0.2) is 0 Å². The van der Waals surface area contributed by atoms with Gasteiger partial charge in [0, 0.05) is 17.3 Å². The number of para-hydroxylation sites is 2. The predicted octanol–water partition coefficient (Wildman–Crippen LogP) is 2.64. The summed E-state index contributed by atoms with van der Waals surface area (Å²) in [6.45, 7) is 0. The molecule has 3 aromatic carbocycles. The van der Waals surface area contributed by atoms with Crippen molar-refractivity contribution in [3.63, 3.8) is 0 Å². The number of ether oxygens (including phenoxy) is 1. The van der Waals surface area contributed by atoms with E-state index < -0.39 is 41.2 Å². The van der Waals surface area contributed by atoms with Gasteiger partial charge in [-0.1, -0.05) is 60.7 Å². The van der Waals surface area contributed by atoms with E-state index in [4.69, 9.17) is 4.74 Å². The van der Waals surface area contributed by atoms with E-state index in [0.717, 1.165) is 10.5 Å².